The molecular weight excluding hydrogens is 322 g/mol. The van der Waals surface area contributed by atoms with Crippen LogP contribution in [0.4, 0.5) is 0 Å². The number of ether oxygens (including phenoxy) is 1. The maximum absolute atomic E-state index is 11.8. The topological polar surface area (TPSA) is 29.5 Å². The number of carbonyl (C=O) groups excluding carboxylic acids is 1. The Labute approximate surface area is 163 Å². The fourth-order valence-corrected chi connectivity index (χ4v) is 2.70. The molecule has 0 fully saturated rings. The van der Waals surface area contributed by atoms with Crippen LogP contribution in [0.3, 0.4) is 0 Å². The van der Waals surface area contributed by atoms with E-state index in [2.05, 4.69) is 51.9 Å². The summed E-state index contributed by atoms with van der Waals surface area (Å²) in [4.78, 5) is 13.9. The fraction of sp³-hybridized carbons (Fsp3) is 0.870. The number of nitrogens with zero attached hydrogens (tertiary/aromatic N) is 1. The lowest BCUT2D eigenvalue weighted by Crippen LogP contribution is -2.39. The summed E-state index contributed by atoms with van der Waals surface area (Å²) < 4.78 is 5.36. The molecule has 0 atom stereocenters. The largest absolute Gasteiger partial charge is 0.466 e. The standard InChI is InChI=1S/C23H45NO2/c1-6-7-8-9-10-11-12-13-14-15-16-17-18-19-22(25)26-21-20-23(2,3)24(4)5/h11-12H,6-10,13-21H2,1-5H3. The van der Waals surface area contributed by atoms with Gasteiger partial charge in [0.1, 0.15) is 0 Å². The van der Waals surface area contributed by atoms with Crippen LogP contribution in [-0.2, 0) is 9.53 Å². The normalized spacial score (nSPS) is 12.2. The number of hydrogen-bond acceptors (Lipinski definition) is 3. The lowest BCUT2D eigenvalue weighted by Gasteiger charge is -2.32. The van der Waals surface area contributed by atoms with Crippen molar-refractivity contribution < 1.29 is 9.53 Å². The van der Waals surface area contributed by atoms with Crippen LogP contribution in [0.25, 0.3) is 0 Å². The first-order valence-corrected chi connectivity index (χ1v) is 10.9. The first-order valence-electron chi connectivity index (χ1n) is 10.9. The van der Waals surface area contributed by atoms with E-state index in [-0.39, 0.29) is 11.5 Å². The van der Waals surface area contributed by atoms with Gasteiger partial charge in [-0.2, -0.15) is 0 Å². The number of carbonyl (C=O) groups is 1. The van der Waals surface area contributed by atoms with Gasteiger partial charge in [-0.05, 0) is 66.5 Å². The Kier molecular flexibility index (Phi) is 15.8. The van der Waals surface area contributed by atoms with Gasteiger partial charge in [0.15, 0.2) is 0 Å². The van der Waals surface area contributed by atoms with Gasteiger partial charge in [0.25, 0.3) is 0 Å². The van der Waals surface area contributed by atoms with Crippen molar-refractivity contribution in [1.82, 2.24) is 4.90 Å². The highest BCUT2D eigenvalue weighted by Crippen LogP contribution is 2.15. The molecule has 26 heavy (non-hydrogen) atoms. The summed E-state index contributed by atoms with van der Waals surface area (Å²) in [5.74, 6) is -0.0365. The molecule has 0 aliphatic heterocycles. The third kappa shape index (κ3) is 15.4. The van der Waals surface area contributed by atoms with Gasteiger partial charge in [-0.25, -0.2) is 0 Å². The molecule has 0 radical (unpaired) electrons. The van der Waals surface area contributed by atoms with Crippen LogP contribution in [0.5, 0.6) is 0 Å². The Morgan fingerprint density at radius 2 is 1.42 bits per heavy atom. The maximum Gasteiger partial charge on any atom is 0.305 e. The lowest BCUT2D eigenvalue weighted by atomic mass is 10.0. The predicted molar refractivity (Wildman–Crippen MR) is 114 cm³/mol. The molecule has 0 unspecified atom stereocenters. The second-order valence-corrected chi connectivity index (χ2v) is 8.30. The highest BCUT2D eigenvalue weighted by Gasteiger charge is 2.20. The molecule has 0 saturated carbocycles. The summed E-state index contributed by atoms with van der Waals surface area (Å²) in [5, 5.41) is 0. The highest BCUT2D eigenvalue weighted by atomic mass is 16.5. The maximum atomic E-state index is 11.8. The van der Waals surface area contributed by atoms with Crippen LogP contribution in [0, 0.1) is 0 Å². The van der Waals surface area contributed by atoms with Crippen molar-refractivity contribution in [2.45, 2.75) is 110 Å². The van der Waals surface area contributed by atoms with E-state index in [9.17, 15) is 4.79 Å². The predicted octanol–water partition coefficient (Wildman–Crippen LogP) is 6.52. The van der Waals surface area contributed by atoms with Crippen LogP contribution in [0.1, 0.15) is 104 Å². The second-order valence-electron chi connectivity index (χ2n) is 8.30. The van der Waals surface area contributed by atoms with E-state index < -0.39 is 0 Å². The summed E-state index contributed by atoms with van der Waals surface area (Å²) in [5.41, 5.74) is 0.0736. The molecule has 3 heteroatoms. The summed E-state index contributed by atoms with van der Waals surface area (Å²) >= 11 is 0. The molecule has 0 aromatic rings. The van der Waals surface area contributed by atoms with Crippen LogP contribution >= 0.6 is 0 Å². The third-order valence-electron chi connectivity index (χ3n) is 5.33. The molecule has 0 rings (SSSR count). The van der Waals surface area contributed by atoms with E-state index in [0.29, 0.717) is 13.0 Å². The third-order valence-corrected chi connectivity index (χ3v) is 5.33. The Balaban J connectivity index is 3.39. The fourth-order valence-electron chi connectivity index (χ4n) is 2.70. The van der Waals surface area contributed by atoms with Gasteiger partial charge in [-0.3, -0.25) is 4.79 Å². The van der Waals surface area contributed by atoms with E-state index in [1.807, 2.05) is 0 Å². The molecule has 0 aliphatic rings. The van der Waals surface area contributed by atoms with E-state index in [0.717, 1.165) is 19.3 Å². The SMILES string of the molecule is CCCCCCC=CCCCCCCCC(=O)OCCC(C)(C)N(C)C. The van der Waals surface area contributed by atoms with Crippen molar-refractivity contribution in [3.05, 3.63) is 12.2 Å². The first-order chi connectivity index (χ1) is 12.4. The van der Waals surface area contributed by atoms with Crippen molar-refractivity contribution in [1.29, 1.82) is 0 Å². The number of unbranched alkanes of at least 4 members (excludes halogenated alkanes) is 9. The average Bonchev–Trinajstić information content (AvgIpc) is 2.58. The highest BCUT2D eigenvalue weighted by molar-refractivity contribution is 5.69. The molecule has 0 bridgehead atoms. The van der Waals surface area contributed by atoms with Crippen LogP contribution in [-0.4, -0.2) is 37.1 Å². The summed E-state index contributed by atoms with van der Waals surface area (Å²) in [6, 6.07) is 0. The van der Waals surface area contributed by atoms with Crippen molar-refractivity contribution in [2.24, 2.45) is 0 Å². The Hall–Kier alpha value is -0.830. The van der Waals surface area contributed by atoms with Crippen molar-refractivity contribution in [3.8, 4) is 0 Å². The molecular formula is C23H45NO2. The van der Waals surface area contributed by atoms with E-state index in [1.54, 1.807) is 0 Å². The zero-order valence-electron chi connectivity index (χ0n) is 18.3. The minimum absolute atomic E-state index is 0.0365. The van der Waals surface area contributed by atoms with Gasteiger partial charge in [-0.1, -0.05) is 57.6 Å². The Bertz CT molecular complexity index is 361. The minimum atomic E-state index is -0.0365. The first kappa shape index (κ1) is 25.2. The van der Waals surface area contributed by atoms with Crippen molar-refractivity contribution in [3.63, 3.8) is 0 Å². The van der Waals surface area contributed by atoms with Gasteiger partial charge in [-0.15, -0.1) is 0 Å². The van der Waals surface area contributed by atoms with Crippen LogP contribution in [0.2, 0.25) is 0 Å². The minimum Gasteiger partial charge on any atom is -0.466 e. The van der Waals surface area contributed by atoms with Gasteiger partial charge in [0, 0.05) is 12.0 Å². The Morgan fingerprint density at radius 1 is 0.885 bits per heavy atom. The smallest absolute Gasteiger partial charge is 0.305 e. The van der Waals surface area contributed by atoms with Crippen LogP contribution < -0.4 is 0 Å². The van der Waals surface area contributed by atoms with Gasteiger partial charge >= 0.3 is 5.97 Å². The van der Waals surface area contributed by atoms with E-state index >= 15 is 0 Å². The summed E-state index contributed by atoms with van der Waals surface area (Å²) in [6.45, 7) is 7.12. The molecule has 0 spiro atoms. The quantitative estimate of drug-likeness (QED) is 0.166. The van der Waals surface area contributed by atoms with E-state index in [1.165, 1.54) is 57.8 Å². The van der Waals surface area contributed by atoms with Gasteiger partial charge in [0.05, 0.1) is 6.61 Å². The van der Waals surface area contributed by atoms with Crippen molar-refractivity contribution in [2.75, 3.05) is 20.7 Å². The molecule has 0 N–H and O–H groups in total. The summed E-state index contributed by atoms with van der Waals surface area (Å²) in [7, 11) is 4.12. The monoisotopic (exact) mass is 367 g/mol. The molecule has 0 aliphatic carbocycles. The zero-order chi connectivity index (χ0) is 19.7. The van der Waals surface area contributed by atoms with Crippen molar-refractivity contribution >= 4 is 5.97 Å². The summed E-state index contributed by atoms with van der Waals surface area (Å²) in [6.07, 6.45) is 19.9. The van der Waals surface area contributed by atoms with Crippen LogP contribution in [0.15, 0.2) is 12.2 Å². The molecule has 0 saturated heterocycles. The average molecular weight is 368 g/mol. The molecule has 0 aromatic carbocycles. The molecule has 3 nitrogen and oxygen atoms in total. The number of esters is 1. The van der Waals surface area contributed by atoms with Gasteiger partial charge in [0.2, 0.25) is 0 Å². The van der Waals surface area contributed by atoms with Gasteiger partial charge < -0.3 is 9.64 Å². The number of rotatable bonds is 17. The number of hydrogen-bond donors (Lipinski definition) is 0. The zero-order valence-corrected chi connectivity index (χ0v) is 18.3. The molecule has 0 amide bonds. The van der Waals surface area contributed by atoms with E-state index in [4.69, 9.17) is 4.74 Å². The second kappa shape index (κ2) is 16.4. The molecule has 154 valence electrons. The Morgan fingerprint density at radius 3 is 2.00 bits per heavy atom. The molecule has 0 aromatic heterocycles. The lowest BCUT2D eigenvalue weighted by molar-refractivity contribution is -0.144. The number of allylic oxidation sites excluding steroid dienone is 2. The molecule has 0 heterocycles.